The summed E-state index contributed by atoms with van der Waals surface area (Å²) in [7, 11) is 1.82. The lowest BCUT2D eigenvalue weighted by atomic mass is 10.1. The summed E-state index contributed by atoms with van der Waals surface area (Å²) in [6.07, 6.45) is 0.983. The highest BCUT2D eigenvalue weighted by molar-refractivity contribution is 7.15. The van der Waals surface area contributed by atoms with Crippen LogP contribution in [-0.2, 0) is 24.3 Å². The van der Waals surface area contributed by atoms with Crippen LogP contribution < -0.4 is 5.32 Å². The van der Waals surface area contributed by atoms with Gasteiger partial charge in [-0.15, -0.1) is 36.2 Å². The van der Waals surface area contributed by atoms with Crippen LogP contribution in [0.1, 0.15) is 42.1 Å². The van der Waals surface area contributed by atoms with Crippen molar-refractivity contribution in [3.8, 4) is 10.4 Å². The Balaban J connectivity index is 0.00000241. The number of carbonyl (C=O) groups excluding carboxylic acids is 1. The van der Waals surface area contributed by atoms with Gasteiger partial charge in [0.1, 0.15) is 5.82 Å². The molecular formula is C28H37Cl2FN4OS. The van der Waals surface area contributed by atoms with E-state index in [2.05, 4.69) is 48.3 Å². The van der Waals surface area contributed by atoms with E-state index in [-0.39, 0.29) is 36.5 Å². The normalized spacial score (nSPS) is 17.5. The van der Waals surface area contributed by atoms with Gasteiger partial charge in [0, 0.05) is 45.2 Å². The average Bonchev–Trinajstić information content (AvgIpc) is 3.18. The summed E-state index contributed by atoms with van der Waals surface area (Å²) in [5.74, 6) is -0.203. The molecule has 0 aliphatic carbocycles. The number of hydrogen-bond donors (Lipinski definition) is 1. The highest BCUT2D eigenvalue weighted by atomic mass is 35.5. The van der Waals surface area contributed by atoms with E-state index in [9.17, 15) is 9.18 Å². The Labute approximate surface area is 236 Å². The predicted molar refractivity (Wildman–Crippen MR) is 155 cm³/mol. The van der Waals surface area contributed by atoms with Crippen LogP contribution >= 0.6 is 36.2 Å². The molecule has 1 aliphatic heterocycles. The van der Waals surface area contributed by atoms with Crippen molar-refractivity contribution in [3.05, 3.63) is 76.2 Å². The summed E-state index contributed by atoms with van der Waals surface area (Å²) in [6, 6.07) is 16.1. The molecular weight excluding hydrogens is 530 g/mol. The third-order valence-corrected chi connectivity index (χ3v) is 7.48. The maximum absolute atomic E-state index is 13.1. The van der Waals surface area contributed by atoms with Crippen LogP contribution in [-0.4, -0.2) is 52.9 Å². The molecule has 0 unspecified atom stereocenters. The van der Waals surface area contributed by atoms with Gasteiger partial charge in [0.2, 0.25) is 5.91 Å². The summed E-state index contributed by atoms with van der Waals surface area (Å²) >= 11 is 1.67. The van der Waals surface area contributed by atoms with E-state index in [1.54, 1.807) is 28.4 Å². The maximum atomic E-state index is 13.1. The van der Waals surface area contributed by atoms with Crippen molar-refractivity contribution >= 4 is 42.1 Å². The van der Waals surface area contributed by atoms with Crippen molar-refractivity contribution in [1.29, 1.82) is 0 Å². The zero-order chi connectivity index (χ0) is 24.9. The molecule has 3 aromatic rings. The van der Waals surface area contributed by atoms with Gasteiger partial charge in [-0.2, -0.15) is 0 Å². The van der Waals surface area contributed by atoms with Crippen molar-refractivity contribution < 1.29 is 9.18 Å². The van der Waals surface area contributed by atoms with Gasteiger partial charge in [-0.25, -0.2) is 9.37 Å². The number of piperazine rings is 1. The number of aryl methyl sites for hydroxylation is 2. The maximum Gasteiger partial charge on any atom is 0.222 e. The zero-order valence-electron chi connectivity index (χ0n) is 21.9. The third kappa shape index (κ3) is 8.76. The van der Waals surface area contributed by atoms with Gasteiger partial charge in [-0.05, 0) is 56.0 Å². The molecule has 0 spiro atoms. The van der Waals surface area contributed by atoms with Gasteiger partial charge in [0.05, 0.1) is 22.1 Å². The van der Waals surface area contributed by atoms with Gasteiger partial charge < -0.3 is 10.2 Å². The van der Waals surface area contributed by atoms with E-state index in [0.29, 0.717) is 31.5 Å². The van der Waals surface area contributed by atoms with Crippen LogP contribution in [0.4, 0.5) is 4.39 Å². The minimum absolute atomic E-state index is 0. The Morgan fingerprint density at radius 1 is 1.05 bits per heavy atom. The Bertz CT molecular complexity index is 1130. The zero-order valence-corrected chi connectivity index (χ0v) is 24.3. The van der Waals surface area contributed by atoms with E-state index in [1.807, 2.05) is 14.0 Å². The molecule has 37 heavy (non-hydrogen) atoms. The summed E-state index contributed by atoms with van der Waals surface area (Å²) < 4.78 is 13.1. The standard InChI is InChI=1S/C28H35FN4OS.2ClH/c1-19-15-33(16-20(2)30-19)17-23-5-10-24(11-6-23)28-26(31-21(3)35-28)18-32(4)27(34)14-9-22-7-12-25(29)13-8-22;;/h5-8,10-13,19-20,30H,9,14-18H2,1-4H3;2*1H/t19-,20+;;. The lowest BCUT2D eigenvalue weighted by molar-refractivity contribution is -0.130. The van der Waals surface area contributed by atoms with Crippen molar-refractivity contribution in [2.24, 2.45) is 0 Å². The number of benzene rings is 2. The van der Waals surface area contributed by atoms with Crippen LogP contribution in [0.2, 0.25) is 0 Å². The van der Waals surface area contributed by atoms with E-state index in [1.165, 1.54) is 17.7 Å². The molecule has 0 saturated carbocycles. The monoisotopic (exact) mass is 566 g/mol. The van der Waals surface area contributed by atoms with Crippen LogP contribution in [0.15, 0.2) is 48.5 Å². The van der Waals surface area contributed by atoms with Gasteiger partial charge in [-0.3, -0.25) is 9.69 Å². The molecule has 0 radical (unpaired) electrons. The van der Waals surface area contributed by atoms with E-state index < -0.39 is 0 Å². The van der Waals surface area contributed by atoms with E-state index in [4.69, 9.17) is 4.98 Å². The lowest BCUT2D eigenvalue weighted by Gasteiger charge is -2.36. The van der Waals surface area contributed by atoms with Crippen LogP contribution in [0.5, 0.6) is 0 Å². The Morgan fingerprint density at radius 2 is 1.65 bits per heavy atom. The van der Waals surface area contributed by atoms with Crippen molar-refractivity contribution in [2.75, 3.05) is 20.1 Å². The lowest BCUT2D eigenvalue weighted by Crippen LogP contribution is -2.53. The first kappa shape index (κ1) is 31.2. The quantitative estimate of drug-likeness (QED) is 0.370. The molecule has 1 aliphatic rings. The third-order valence-electron chi connectivity index (χ3n) is 6.41. The average molecular weight is 568 g/mol. The second-order valence-corrected chi connectivity index (χ2v) is 10.9. The molecule has 2 aromatic carbocycles. The largest absolute Gasteiger partial charge is 0.340 e. The second kappa shape index (κ2) is 14.2. The Hall–Kier alpha value is -2.03. The first-order valence-corrected chi connectivity index (χ1v) is 13.1. The minimum atomic E-state index is -0.260. The number of hydrogen-bond acceptors (Lipinski definition) is 5. The minimum Gasteiger partial charge on any atom is -0.340 e. The summed E-state index contributed by atoms with van der Waals surface area (Å²) in [5, 5.41) is 4.58. The molecule has 5 nitrogen and oxygen atoms in total. The molecule has 4 rings (SSSR count). The van der Waals surface area contributed by atoms with Gasteiger partial charge in [0.15, 0.2) is 0 Å². The summed E-state index contributed by atoms with van der Waals surface area (Å²) in [6.45, 7) is 10.0. The summed E-state index contributed by atoms with van der Waals surface area (Å²) in [4.78, 5) is 22.8. The van der Waals surface area contributed by atoms with Gasteiger partial charge >= 0.3 is 0 Å². The SMILES string of the molecule is Cc1nc(CN(C)C(=O)CCc2ccc(F)cc2)c(-c2ccc(CN3C[C@@H](C)N[C@@H](C)C3)cc2)s1.Cl.Cl. The fourth-order valence-corrected chi connectivity index (χ4v) is 5.73. The molecule has 202 valence electrons. The Kier molecular flexibility index (Phi) is 12.0. The predicted octanol–water partition coefficient (Wildman–Crippen LogP) is 5.87. The fraction of sp³-hybridized carbons (Fsp3) is 0.429. The van der Waals surface area contributed by atoms with E-state index in [0.717, 1.165) is 46.3 Å². The number of nitrogens with one attached hydrogen (secondary N) is 1. The fourth-order valence-electron chi connectivity index (χ4n) is 4.80. The van der Waals surface area contributed by atoms with Gasteiger partial charge in [-0.1, -0.05) is 36.4 Å². The number of nitrogens with zero attached hydrogens (tertiary/aromatic N) is 3. The molecule has 0 bridgehead atoms. The molecule has 9 heteroatoms. The molecule has 1 aromatic heterocycles. The molecule has 2 heterocycles. The topological polar surface area (TPSA) is 48.5 Å². The van der Waals surface area contributed by atoms with Crippen LogP contribution in [0.25, 0.3) is 10.4 Å². The van der Waals surface area contributed by atoms with E-state index >= 15 is 0 Å². The smallest absolute Gasteiger partial charge is 0.222 e. The second-order valence-electron chi connectivity index (χ2n) is 9.74. The van der Waals surface area contributed by atoms with Gasteiger partial charge in [0.25, 0.3) is 0 Å². The number of aromatic nitrogens is 1. The van der Waals surface area contributed by atoms with Crippen LogP contribution in [0, 0.1) is 12.7 Å². The van der Waals surface area contributed by atoms with Crippen molar-refractivity contribution in [2.45, 2.75) is 58.8 Å². The Morgan fingerprint density at radius 3 is 2.27 bits per heavy atom. The van der Waals surface area contributed by atoms with Crippen molar-refractivity contribution in [1.82, 2.24) is 20.1 Å². The molecule has 1 fully saturated rings. The first-order valence-electron chi connectivity index (χ1n) is 12.3. The number of carbonyl (C=O) groups is 1. The van der Waals surface area contributed by atoms with Crippen molar-refractivity contribution in [3.63, 3.8) is 0 Å². The number of thiazole rings is 1. The molecule has 1 amide bonds. The molecule has 1 saturated heterocycles. The first-order chi connectivity index (χ1) is 16.8. The number of amides is 1. The molecule has 1 N–H and O–H groups in total. The highest BCUT2D eigenvalue weighted by Gasteiger charge is 2.21. The highest BCUT2D eigenvalue weighted by Crippen LogP contribution is 2.31. The number of rotatable bonds is 8. The van der Waals surface area contributed by atoms with Crippen LogP contribution in [0.3, 0.4) is 0 Å². The molecule has 2 atom stereocenters. The number of halogens is 3. The summed E-state index contributed by atoms with van der Waals surface area (Å²) in [5.41, 5.74) is 4.35.